The van der Waals surface area contributed by atoms with Crippen molar-refractivity contribution in [2.75, 3.05) is 0 Å². The van der Waals surface area contributed by atoms with Gasteiger partial charge in [0, 0.05) is 6.07 Å². The van der Waals surface area contributed by atoms with Crippen molar-refractivity contribution in [1.82, 2.24) is 0 Å². The monoisotopic (exact) mass is 218 g/mol. The molecule has 1 rings (SSSR count). The topological polar surface area (TPSA) is 104 Å². The lowest BCUT2D eigenvalue weighted by Gasteiger charge is -1.96. The van der Waals surface area contributed by atoms with Crippen LogP contribution in [0.2, 0.25) is 0 Å². The van der Waals surface area contributed by atoms with Crippen LogP contribution in [0.4, 0.5) is 5.69 Å². The summed E-state index contributed by atoms with van der Waals surface area (Å²) >= 11 is 0. The number of carboxylic acids is 1. The quantitative estimate of drug-likeness (QED) is 0.359. The van der Waals surface area contributed by atoms with Crippen LogP contribution in [0.15, 0.2) is 29.8 Å². The molecule has 0 bridgehead atoms. The summed E-state index contributed by atoms with van der Waals surface area (Å²) in [6, 6.07) is 7.05. The van der Waals surface area contributed by atoms with Gasteiger partial charge in [-0.05, 0) is 12.1 Å². The molecule has 0 amide bonds. The summed E-state index contributed by atoms with van der Waals surface area (Å²) in [6.45, 7) is 0. The van der Waals surface area contributed by atoms with Crippen LogP contribution in [0.25, 0.3) is 6.08 Å². The smallest absolute Gasteiger partial charge is 0.346 e. The van der Waals surface area contributed by atoms with E-state index in [-0.39, 0.29) is 11.3 Å². The molecule has 1 aromatic carbocycles. The molecule has 1 N–H and O–H groups in total. The fraction of sp³-hybridized carbons (Fsp3) is 0. The molecule has 6 heteroatoms. The van der Waals surface area contributed by atoms with Crippen LogP contribution in [0.1, 0.15) is 5.56 Å². The second-order valence-electron chi connectivity index (χ2n) is 2.79. The molecule has 0 aliphatic heterocycles. The lowest BCUT2D eigenvalue weighted by molar-refractivity contribution is -0.385. The number of rotatable bonds is 3. The van der Waals surface area contributed by atoms with Crippen molar-refractivity contribution in [3.63, 3.8) is 0 Å². The first-order chi connectivity index (χ1) is 7.56. The van der Waals surface area contributed by atoms with E-state index >= 15 is 0 Å². The van der Waals surface area contributed by atoms with E-state index in [9.17, 15) is 14.9 Å². The van der Waals surface area contributed by atoms with Gasteiger partial charge >= 0.3 is 5.97 Å². The van der Waals surface area contributed by atoms with E-state index < -0.39 is 16.5 Å². The molecule has 6 nitrogen and oxygen atoms in total. The highest BCUT2D eigenvalue weighted by Crippen LogP contribution is 2.20. The van der Waals surface area contributed by atoms with Crippen molar-refractivity contribution >= 4 is 17.7 Å². The lowest BCUT2D eigenvalue weighted by Crippen LogP contribution is -1.98. The van der Waals surface area contributed by atoms with Crippen LogP contribution in [0.5, 0.6) is 0 Å². The summed E-state index contributed by atoms with van der Waals surface area (Å²) in [4.78, 5) is 20.5. The molecule has 0 aliphatic carbocycles. The fourth-order valence-electron chi connectivity index (χ4n) is 1.07. The van der Waals surface area contributed by atoms with Gasteiger partial charge in [0.25, 0.3) is 5.69 Å². The number of carbonyl (C=O) groups is 1. The summed E-state index contributed by atoms with van der Waals surface area (Å²) in [5, 5.41) is 27.7. The number of nitro groups is 1. The van der Waals surface area contributed by atoms with Gasteiger partial charge in [0.05, 0.1) is 10.5 Å². The zero-order chi connectivity index (χ0) is 12.1. The fourth-order valence-corrected chi connectivity index (χ4v) is 1.07. The number of para-hydroxylation sites is 1. The van der Waals surface area contributed by atoms with Gasteiger partial charge in [-0.15, -0.1) is 0 Å². The number of nitriles is 1. The molecular weight excluding hydrogens is 212 g/mol. The zero-order valence-electron chi connectivity index (χ0n) is 7.95. The Kier molecular flexibility index (Phi) is 3.35. The molecule has 0 aromatic heterocycles. The second kappa shape index (κ2) is 4.70. The van der Waals surface area contributed by atoms with E-state index in [0.717, 1.165) is 6.08 Å². The van der Waals surface area contributed by atoms with E-state index in [0.29, 0.717) is 0 Å². The van der Waals surface area contributed by atoms with Gasteiger partial charge in [-0.3, -0.25) is 10.1 Å². The molecule has 16 heavy (non-hydrogen) atoms. The molecule has 0 fully saturated rings. The Morgan fingerprint density at radius 1 is 1.50 bits per heavy atom. The summed E-state index contributed by atoms with van der Waals surface area (Å²) in [5.74, 6) is -1.42. The van der Waals surface area contributed by atoms with Crippen molar-refractivity contribution in [2.24, 2.45) is 0 Å². The van der Waals surface area contributed by atoms with Crippen LogP contribution >= 0.6 is 0 Å². The number of nitrogens with zero attached hydrogens (tertiary/aromatic N) is 2. The Labute approximate surface area is 90.2 Å². The second-order valence-corrected chi connectivity index (χ2v) is 2.79. The van der Waals surface area contributed by atoms with Crippen LogP contribution in [0.3, 0.4) is 0 Å². The number of hydrogen-bond acceptors (Lipinski definition) is 4. The first-order valence-corrected chi connectivity index (χ1v) is 4.14. The molecule has 0 heterocycles. The molecule has 0 radical (unpaired) electrons. The van der Waals surface area contributed by atoms with Crippen LogP contribution in [-0.4, -0.2) is 16.0 Å². The third kappa shape index (κ3) is 2.42. The Hall–Kier alpha value is -2.68. The van der Waals surface area contributed by atoms with Crippen molar-refractivity contribution in [3.8, 4) is 6.07 Å². The summed E-state index contributed by atoms with van der Waals surface area (Å²) in [5.41, 5.74) is -0.697. The maximum Gasteiger partial charge on any atom is 0.346 e. The Morgan fingerprint density at radius 3 is 2.62 bits per heavy atom. The largest absolute Gasteiger partial charge is 0.477 e. The van der Waals surface area contributed by atoms with Crippen LogP contribution in [-0.2, 0) is 4.79 Å². The van der Waals surface area contributed by atoms with Gasteiger partial charge < -0.3 is 5.11 Å². The minimum Gasteiger partial charge on any atom is -0.477 e. The normalized spacial score (nSPS) is 10.6. The van der Waals surface area contributed by atoms with Crippen LogP contribution < -0.4 is 0 Å². The summed E-state index contributed by atoms with van der Waals surface area (Å²) < 4.78 is 0. The first-order valence-electron chi connectivity index (χ1n) is 4.14. The van der Waals surface area contributed by atoms with Gasteiger partial charge in [-0.1, -0.05) is 12.1 Å². The molecule has 0 atom stereocenters. The molecule has 0 saturated heterocycles. The SMILES string of the molecule is N#CC(=Cc1ccccc1[N+](=O)[O-])C(=O)O. The first kappa shape index (κ1) is 11.4. The predicted octanol–water partition coefficient (Wildman–Crippen LogP) is 1.59. The summed E-state index contributed by atoms with van der Waals surface area (Å²) in [6.07, 6.45) is 0.973. The van der Waals surface area contributed by atoms with Crippen molar-refractivity contribution in [2.45, 2.75) is 0 Å². The maximum atomic E-state index is 10.6. The Balaban J connectivity index is 3.30. The Bertz CT molecular complexity index is 514. The van der Waals surface area contributed by atoms with E-state index in [2.05, 4.69) is 0 Å². The molecule has 80 valence electrons. The van der Waals surface area contributed by atoms with Crippen molar-refractivity contribution < 1.29 is 14.8 Å². The highest BCUT2D eigenvalue weighted by atomic mass is 16.6. The molecule has 0 spiro atoms. The van der Waals surface area contributed by atoms with Gasteiger partial charge in [0.15, 0.2) is 0 Å². The minimum atomic E-state index is -1.42. The number of aliphatic carboxylic acids is 1. The molecule has 0 saturated carbocycles. The van der Waals surface area contributed by atoms with E-state index in [1.54, 1.807) is 0 Å². The molecule has 0 aliphatic rings. The number of carboxylic acid groups (broad SMARTS) is 1. The van der Waals surface area contributed by atoms with E-state index in [1.807, 2.05) is 0 Å². The molecule has 0 unspecified atom stereocenters. The lowest BCUT2D eigenvalue weighted by atomic mass is 10.1. The maximum absolute atomic E-state index is 10.6. The third-order valence-electron chi connectivity index (χ3n) is 1.78. The van der Waals surface area contributed by atoms with E-state index in [4.69, 9.17) is 10.4 Å². The average Bonchev–Trinajstić information content (AvgIpc) is 2.25. The van der Waals surface area contributed by atoms with Gasteiger partial charge in [-0.2, -0.15) is 5.26 Å². The number of benzene rings is 1. The van der Waals surface area contributed by atoms with Gasteiger partial charge in [0.2, 0.25) is 0 Å². The average molecular weight is 218 g/mol. The summed E-state index contributed by atoms with van der Waals surface area (Å²) in [7, 11) is 0. The highest BCUT2D eigenvalue weighted by Gasteiger charge is 2.13. The highest BCUT2D eigenvalue weighted by molar-refractivity contribution is 5.97. The number of nitro benzene ring substituents is 1. The zero-order valence-corrected chi connectivity index (χ0v) is 7.95. The molecule has 1 aromatic rings. The number of hydrogen-bond donors (Lipinski definition) is 1. The van der Waals surface area contributed by atoms with E-state index in [1.165, 1.54) is 30.3 Å². The van der Waals surface area contributed by atoms with Gasteiger partial charge in [0.1, 0.15) is 11.6 Å². The minimum absolute atomic E-state index is 0.0893. The third-order valence-corrected chi connectivity index (χ3v) is 1.78. The van der Waals surface area contributed by atoms with Crippen molar-refractivity contribution in [3.05, 3.63) is 45.5 Å². The van der Waals surface area contributed by atoms with Crippen LogP contribution in [0, 0.1) is 21.4 Å². The Morgan fingerprint density at radius 2 is 2.12 bits per heavy atom. The predicted molar refractivity (Wildman–Crippen MR) is 54.3 cm³/mol. The standard InChI is InChI=1S/C10H6N2O4/c11-6-8(10(13)14)5-7-3-1-2-4-9(7)12(15)16/h1-5H,(H,13,14). The van der Waals surface area contributed by atoms with Crippen molar-refractivity contribution in [1.29, 1.82) is 5.26 Å². The molecular formula is C10H6N2O4. The van der Waals surface area contributed by atoms with Gasteiger partial charge in [-0.25, -0.2) is 4.79 Å².